The zero-order valence-electron chi connectivity index (χ0n) is 10.9. The van der Waals surface area contributed by atoms with Gasteiger partial charge in [0.25, 0.3) is 0 Å². The molecule has 0 aliphatic carbocycles. The topological polar surface area (TPSA) is 43.4 Å². The molecule has 96 valence electrons. The first-order valence-electron chi connectivity index (χ1n) is 5.92. The van der Waals surface area contributed by atoms with E-state index >= 15 is 0 Å². The number of esters is 1. The summed E-state index contributed by atoms with van der Waals surface area (Å²) in [4.78, 5) is 11.3. The second-order valence-electron chi connectivity index (χ2n) is 4.89. The molecule has 0 fully saturated rings. The van der Waals surface area contributed by atoms with Crippen LogP contribution in [0.25, 0.3) is 0 Å². The highest BCUT2D eigenvalue weighted by atomic mass is 32.2. The third kappa shape index (κ3) is 10.1. The average Bonchev–Trinajstić information content (AvgIpc) is 2.12. The molecule has 3 nitrogen and oxygen atoms in total. The molecular weight excluding hydrogens is 224 g/mol. The molecule has 0 radical (unpaired) electrons. The molecule has 0 aromatic rings. The molecule has 0 N–H and O–H groups in total. The third-order valence-corrected chi connectivity index (χ3v) is 3.33. The number of carbonyl (C=O) groups is 1. The minimum Gasteiger partial charge on any atom is -0.460 e. The summed E-state index contributed by atoms with van der Waals surface area (Å²) in [6.07, 6.45) is 3.48. The average molecular weight is 248 g/mol. The number of carbonyl (C=O) groups excluding carboxylic acids is 1. The Hall–Kier alpha value is -0.380. The molecule has 0 aliphatic rings. The van der Waals surface area contributed by atoms with Gasteiger partial charge >= 0.3 is 5.97 Å². The van der Waals surface area contributed by atoms with Gasteiger partial charge in [-0.2, -0.15) is 0 Å². The zero-order chi connectivity index (χ0) is 12.6. The highest BCUT2D eigenvalue weighted by Crippen LogP contribution is 2.08. The maximum Gasteiger partial charge on any atom is 0.307 e. The minimum atomic E-state index is -0.871. The Labute approximate surface area is 101 Å². The van der Waals surface area contributed by atoms with Crippen molar-refractivity contribution in [1.82, 2.24) is 0 Å². The molecule has 0 heterocycles. The molecule has 16 heavy (non-hydrogen) atoms. The Morgan fingerprint density at radius 2 is 1.81 bits per heavy atom. The fourth-order valence-electron chi connectivity index (χ4n) is 1.20. The van der Waals surface area contributed by atoms with Crippen molar-refractivity contribution >= 4 is 16.8 Å². The number of ether oxygens (including phenoxy) is 1. The Bertz CT molecular complexity index is 231. The van der Waals surface area contributed by atoms with E-state index in [0.717, 1.165) is 19.3 Å². The summed E-state index contributed by atoms with van der Waals surface area (Å²) in [5.74, 6) is 0.881. The van der Waals surface area contributed by atoms with Gasteiger partial charge < -0.3 is 4.74 Å². The fraction of sp³-hybridized carbons (Fsp3) is 0.917. The lowest BCUT2D eigenvalue weighted by Gasteiger charge is -2.19. The van der Waals surface area contributed by atoms with Crippen LogP contribution < -0.4 is 0 Å². The lowest BCUT2D eigenvalue weighted by Crippen LogP contribution is -2.24. The highest BCUT2D eigenvalue weighted by molar-refractivity contribution is 7.84. The first-order valence-corrected chi connectivity index (χ1v) is 7.41. The van der Waals surface area contributed by atoms with Crippen LogP contribution in [0, 0.1) is 0 Å². The lowest BCUT2D eigenvalue weighted by molar-refractivity contribution is -0.154. The Morgan fingerprint density at radius 3 is 2.31 bits per heavy atom. The molecule has 0 saturated carbocycles. The van der Waals surface area contributed by atoms with E-state index in [0.29, 0.717) is 11.5 Å². The summed E-state index contributed by atoms with van der Waals surface area (Å²) in [6, 6.07) is 0. The van der Waals surface area contributed by atoms with Gasteiger partial charge in [-0.1, -0.05) is 19.8 Å². The van der Waals surface area contributed by atoms with Gasteiger partial charge in [0.05, 0.1) is 6.42 Å². The van der Waals surface area contributed by atoms with Gasteiger partial charge in [0, 0.05) is 22.3 Å². The van der Waals surface area contributed by atoms with Crippen molar-refractivity contribution in [3.05, 3.63) is 0 Å². The first-order chi connectivity index (χ1) is 7.35. The van der Waals surface area contributed by atoms with Crippen molar-refractivity contribution in [2.24, 2.45) is 0 Å². The van der Waals surface area contributed by atoms with Crippen molar-refractivity contribution in [3.8, 4) is 0 Å². The standard InChI is InChI=1S/C12H24O3S/c1-5-6-7-9-16(14)10-8-11(13)15-12(2,3)4/h5-10H2,1-4H3. The first kappa shape index (κ1) is 15.6. The summed E-state index contributed by atoms with van der Waals surface area (Å²) < 4.78 is 16.6. The van der Waals surface area contributed by atoms with Crippen LogP contribution in [-0.4, -0.2) is 27.3 Å². The van der Waals surface area contributed by atoms with Gasteiger partial charge in [0.15, 0.2) is 0 Å². The van der Waals surface area contributed by atoms with Gasteiger partial charge in [0.1, 0.15) is 5.60 Å². The second kappa shape index (κ2) is 7.82. The molecule has 0 aromatic heterocycles. The lowest BCUT2D eigenvalue weighted by atomic mass is 10.2. The van der Waals surface area contributed by atoms with Crippen molar-refractivity contribution in [2.75, 3.05) is 11.5 Å². The van der Waals surface area contributed by atoms with E-state index in [-0.39, 0.29) is 12.4 Å². The second-order valence-corrected chi connectivity index (χ2v) is 6.59. The van der Waals surface area contributed by atoms with Crippen LogP contribution in [0.4, 0.5) is 0 Å². The zero-order valence-corrected chi connectivity index (χ0v) is 11.7. The van der Waals surface area contributed by atoms with Crippen molar-refractivity contribution in [3.63, 3.8) is 0 Å². The van der Waals surface area contributed by atoms with Crippen LogP contribution in [-0.2, 0) is 20.3 Å². The third-order valence-electron chi connectivity index (χ3n) is 1.93. The Balaban J connectivity index is 3.63. The van der Waals surface area contributed by atoms with E-state index < -0.39 is 16.4 Å². The fourth-order valence-corrected chi connectivity index (χ4v) is 2.33. The Kier molecular flexibility index (Phi) is 7.64. The van der Waals surface area contributed by atoms with Gasteiger partial charge in [-0.05, 0) is 27.2 Å². The molecule has 4 heteroatoms. The normalized spacial score (nSPS) is 13.5. The van der Waals surface area contributed by atoms with Crippen LogP contribution in [0.5, 0.6) is 0 Å². The van der Waals surface area contributed by atoms with Gasteiger partial charge in [-0.3, -0.25) is 9.00 Å². The maximum absolute atomic E-state index is 11.5. The van der Waals surface area contributed by atoms with Crippen molar-refractivity contribution in [2.45, 2.75) is 59.0 Å². The quantitative estimate of drug-likeness (QED) is 0.514. The minimum absolute atomic E-state index is 0.253. The number of unbranched alkanes of at least 4 members (excludes halogenated alkanes) is 2. The summed E-state index contributed by atoms with van der Waals surface area (Å²) >= 11 is 0. The Morgan fingerprint density at radius 1 is 1.19 bits per heavy atom. The molecular formula is C12H24O3S. The molecule has 0 aromatic carbocycles. The van der Waals surface area contributed by atoms with E-state index in [9.17, 15) is 9.00 Å². The maximum atomic E-state index is 11.5. The monoisotopic (exact) mass is 248 g/mol. The van der Waals surface area contributed by atoms with Crippen molar-refractivity contribution in [1.29, 1.82) is 0 Å². The summed E-state index contributed by atoms with van der Waals surface area (Å²) in [6.45, 7) is 7.62. The molecule has 1 unspecified atom stereocenters. The highest BCUT2D eigenvalue weighted by Gasteiger charge is 2.16. The van der Waals surface area contributed by atoms with Crippen LogP contribution >= 0.6 is 0 Å². The predicted molar refractivity (Wildman–Crippen MR) is 67.9 cm³/mol. The van der Waals surface area contributed by atoms with Gasteiger partial charge in [-0.25, -0.2) is 0 Å². The van der Waals surface area contributed by atoms with Crippen LogP contribution in [0.3, 0.4) is 0 Å². The van der Waals surface area contributed by atoms with Crippen LogP contribution in [0.15, 0.2) is 0 Å². The van der Waals surface area contributed by atoms with E-state index in [1.807, 2.05) is 20.8 Å². The molecule has 0 bridgehead atoms. The van der Waals surface area contributed by atoms with E-state index in [4.69, 9.17) is 4.74 Å². The van der Waals surface area contributed by atoms with Crippen LogP contribution in [0.1, 0.15) is 53.4 Å². The summed E-state index contributed by atoms with van der Waals surface area (Å²) in [5.41, 5.74) is -0.444. The largest absolute Gasteiger partial charge is 0.460 e. The smallest absolute Gasteiger partial charge is 0.307 e. The summed E-state index contributed by atoms with van der Waals surface area (Å²) in [5, 5.41) is 0. The molecule has 0 spiro atoms. The number of rotatable bonds is 7. The molecule has 1 atom stereocenters. The van der Waals surface area contributed by atoms with Gasteiger partial charge in [0.2, 0.25) is 0 Å². The number of hydrogen-bond acceptors (Lipinski definition) is 3. The predicted octanol–water partition coefficient (Wildman–Crippen LogP) is 2.66. The van der Waals surface area contributed by atoms with E-state index in [1.54, 1.807) is 0 Å². The van der Waals surface area contributed by atoms with Gasteiger partial charge in [-0.15, -0.1) is 0 Å². The van der Waals surface area contributed by atoms with Crippen molar-refractivity contribution < 1.29 is 13.7 Å². The summed E-state index contributed by atoms with van der Waals surface area (Å²) in [7, 11) is -0.871. The SMILES string of the molecule is CCCCCS(=O)CCC(=O)OC(C)(C)C. The molecule has 0 saturated heterocycles. The van der Waals surface area contributed by atoms with E-state index in [2.05, 4.69) is 6.92 Å². The number of hydrogen-bond donors (Lipinski definition) is 0. The molecule has 0 rings (SSSR count). The van der Waals surface area contributed by atoms with Crippen LogP contribution in [0.2, 0.25) is 0 Å². The molecule has 0 amide bonds. The molecule has 0 aliphatic heterocycles. The van der Waals surface area contributed by atoms with E-state index in [1.165, 1.54) is 0 Å².